The van der Waals surface area contributed by atoms with Gasteiger partial charge in [-0.1, -0.05) is 32.6 Å². The Morgan fingerprint density at radius 2 is 2.38 bits per heavy atom. The molecule has 1 saturated carbocycles. The molecule has 47 valence electrons. The Morgan fingerprint density at radius 1 is 1.50 bits per heavy atom. The molecule has 0 aromatic carbocycles. The molecule has 0 heterocycles. The van der Waals surface area contributed by atoms with Crippen molar-refractivity contribution in [2.45, 2.75) is 39.0 Å². The van der Waals surface area contributed by atoms with Crippen LogP contribution in [-0.2, 0) is 0 Å². The van der Waals surface area contributed by atoms with Crippen LogP contribution in [0.2, 0.25) is 0 Å². The van der Waals surface area contributed by atoms with Crippen molar-refractivity contribution in [3.05, 3.63) is 6.42 Å². The second-order valence-corrected chi connectivity index (χ2v) is 2.69. The summed E-state index contributed by atoms with van der Waals surface area (Å²) in [4.78, 5) is 0. The molecular formula is C8H15. The van der Waals surface area contributed by atoms with Gasteiger partial charge in [-0.25, -0.2) is 0 Å². The molecule has 0 spiro atoms. The molecule has 1 aliphatic carbocycles. The molecule has 0 aromatic rings. The summed E-state index contributed by atoms with van der Waals surface area (Å²) in [5, 5.41) is 0. The van der Waals surface area contributed by atoms with Crippen LogP contribution in [0, 0.1) is 12.3 Å². The van der Waals surface area contributed by atoms with E-state index in [4.69, 9.17) is 0 Å². The van der Waals surface area contributed by atoms with Crippen molar-refractivity contribution in [2.75, 3.05) is 0 Å². The van der Waals surface area contributed by atoms with Gasteiger partial charge in [0.15, 0.2) is 0 Å². The maximum atomic E-state index is 2.49. The minimum Gasteiger partial charge on any atom is -0.0651 e. The van der Waals surface area contributed by atoms with E-state index in [-0.39, 0.29) is 0 Å². The fourth-order valence-corrected chi connectivity index (χ4v) is 1.39. The highest BCUT2D eigenvalue weighted by Crippen LogP contribution is 2.24. The van der Waals surface area contributed by atoms with E-state index in [2.05, 4.69) is 13.3 Å². The first kappa shape index (κ1) is 6.12. The average molecular weight is 111 g/mol. The van der Waals surface area contributed by atoms with E-state index in [1.165, 1.54) is 32.1 Å². The molecule has 8 heavy (non-hydrogen) atoms. The molecule has 1 radical (unpaired) electrons. The zero-order chi connectivity index (χ0) is 5.82. The van der Waals surface area contributed by atoms with Crippen LogP contribution in [0.15, 0.2) is 0 Å². The highest BCUT2D eigenvalue weighted by molar-refractivity contribution is 4.79. The van der Waals surface area contributed by atoms with E-state index in [9.17, 15) is 0 Å². The lowest BCUT2D eigenvalue weighted by atomic mass is 9.88. The van der Waals surface area contributed by atoms with Crippen LogP contribution in [0.4, 0.5) is 0 Å². The third kappa shape index (κ3) is 1.50. The molecule has 0 N–H and O–H groups in total. The molecule has 0 amide bonds. The van der Waals surface area contributed by atoms with Gasteiger partial charge in [-0.3, -0.25) is 0 Å². The lowest BCUT2D eigenvalue weighted by Crippen LogP contribution is -2.04. The van der Waals surface area contributed by atoms with Crippen molar-refractivity contribution in [1.29, 1.82) is 0 Å². The summed E-state index contributed by atoms with van der Waals surface area (Å²) in [6, 6.07) is 0. The van der Waals surface area contributed by atoms with Gasteiger partial charge in [-0.2, -0.15) is 0 Å². The quantitative estimate of drug-likeness (QED) is 0.488. The van der Waals surface area contributed by atoms with E-state index < -0.39 is 0 Å². The SMILES string of the molecule is CCC1[CH]CCCC1. The minimum absolute atomic E-state index is 0.962. The molecule has 1 fully saturated rings. The summed E-state index contributed by atoms with van der Waals surface area (Å²) in [5.41, 5.74) is 0. The number of rotatable bonds is 1. The fourth-order valence-electron chi connectivity index (χ4n) is 1.39. The maximum Gasteiger partial charge on any atom is -0.0355 e. The first-order valence-corrected chi connectivity index (χ1v) is 3.77. The van der Waals surface area contributed by atoms with Gasteiger partial charge in [-0.05, 0) is 18.8 Å². The Kier molecular flexibility index (Phi) is 2.38. The van der Waals surface area contributed by atoms with Gasteiger partial charge in [0.25, 0.3) is 0 Å². The summed E-state index contributed by atoms with van der Waals surface area (Å²) in [7, 11) is 0. The topological polar surface area (TPSA) is 0 Å². The Labute approximate surface area is 52.3 Å². The van der Waals surface area contributed by atoms with Gasteiger partial charge in [0.1, 0.15) is 0 Å². The van der Waals surface area contributed by atoms with Crippen LogP contribution in [-0.4, -0.2) is 0 Å². The van der Waals surface area contributed by atoms with Crippen molar-refractivity contribution in [3.63, 3.8) is 0 Å². The van der Waals surface area contributed by atoms with Crippen LogP contribution in [0.5, 0.6) is 0 Å². The van der Waals surface area contributed by atoms with E-state index in [0.717, 1.165) is 5.92 Å². The molecule has 0 aromatic heterocycles. The van der Waals surface area contributed by atoms with Gasteiger partial charge in [0.05, 0.1) is 0 Å². The third-order valence-electron chi connectivity index (χ3n) is 2.05. The molecular weight excluding hydrogens is 96.1 g/mol. The summed E-state index contributed by atoms with van der Waals surface area (Å²) in [6.45, 7) is 2.28. The van der Waals surface area contributed by atoms with E-state index in [1.54, 1.807) is 0 Å². The van der Waals surface area contributed by atoms with E-state index in [0.29, 0.717) is 0 Å². The highest BCUT2D eigenvalue weighted by Gasteiger charge is 2.09. The van der Waals surface area contributed by atoms with E-state index >= 15 is 0 Å². The van der Waals surface area contributed by atoms with Gasteiger partial charge in [-0.15, -0.1) is 0 Å². The fraction of sp³-hybridized carbons (Fsp3) is 0.875. The Hall–Kier alpha value is 0. The predicted molar refractivity (Wildman–Crippen MR) is 36.5 cm³/mol. The van der Waals surface area contributed by atoms with Crippen LogP contribution < -0.4 is 0 Å². The Bertz CT molecular complexity index is 51.1. The molecule has 0 saturated heterocycles. The molecule has 1 aliphatic rings. The molecule has 1 unspecified atom stereocenters. The van der Waals surface area contributed by atoms with Crippen LogP contribution in [0.3, 0.4) is 0 Å². The lowest BCUT2D eigenvalue weighted by molar-refractivity contribution is 0.435. The molecule has 1 atom stereocenters. The number of hydrogen-bond acceptors (Lipinski definition) is 0. The van der Waals surface area contributed by atoms with Crippen LogP contribution in [0.1, 0.15) is 39.0 Å². The van der Waals surface area contributed by atoms with E-state index in [1.807, 2.05) is 0 Å². The second-order valence-electron chi connectivity index (χ2n) is 2.69. The van der Waals surface area contributed by atoms with Crippen molar-refractivity contribution in [2.24, 2.45) is 5.92 Å². The van der Waals surface area contributed by atoms with Crippen molar-refractivity contribution < 1.29 is 0 Å². The van der Waals surface area contributed by atoms with Gasteiger partial charge in [0, 0.05) is 0 Å². The van der Waals surface area contributed by atoms with Crippen LogP contribution in [0.25, 0.3) is 0 Å². The summed E-state index contributed by atoms with van der Waals surface area (Å²) < 4.78 is 0. The zero-order valence-corrected chi connectivity index (χ0v) is 5.69. The third-order valence-corrected chi connectivity index (χ3v) is 2.05. The monoisotopic (exact) mass is 111 g/mol. The first-order chi connectivity index (χ1) is 3.93. The number of hydrogen-bond donors (Lipinski definition) is 0. The molecule has 0 nitrogen and oxygen atoms in total. The Morgan fingerprint density at radius 3 is 2.75 bits per heavy atom. The van der Waals surface area contributed by atoms with Crippen LogP contribution >= 0.6 is 0 Å². The summed E-state index contributed by atoms with van der Waals surface area (Å²) in [5.74, 6) is 0.962. The highest BCUT2D eigenvalue weighted by atomic mass is 14.2. The van der Waals surface area contributed by atoms with Crippen molar-refractivity contribution >= 4 is 0 Å². The first-order valence-electron chi connectivity index (χ1n) is 3.77. The molecule has 1 rings (SSSR count). The van der Waals surface area contributed by atoms with Gasteiger partial charge < -0.3 is 0 Å². The normalized spacial score (nSPS) is 23.6. The molecule has 0 bridgehead atoms. The largest absolute Gasteiger partial charge is 0.0651 e. The summed E-state index contributed by atoms with van der Waals surface area (Å²) >= 11 is 0. The zero-order valence-electron chi connectivity index (χ0n) is 5.69. The lowest BCUT2D eigenvalue weighted by Gasteiger charge is -2.18. The Balaban J connectivity index is 2.13. The predicted octanol–water partition coefficient (Wildman–Crippen LogP) is 2.79. The standard InChI is InChI=1S/C8H15/c1-2-8-6-4-3-5-7-8/h6,8H,2-5,7H2,1H3. The van der Waals surface area contributed by atoms with Gasteiger partial charge >= 0.3 is 0 Å². The maximum absolute atomic E-state index is 2.49. The smallest absolute Gasteiger partial charge is 0.0355 e. The summed E-state index contributed by atoms with van der Waals surface area (Å²) in [6.07, 6.45) is 9.59. The average Bonchev–Trinajstić information content (AvgIpc) is 1.90. The second kappa shape index (κ2) is 3.11. The molecule has 0 aliphatic heterocycles. The molecule has 0 heteroatoms. The van der Waals surface area contributed by atoms with Crippen molar-refractivity contribution in [3.8, 4) is 0 Å². The minimum atomic E-state index is 0.962. The van der Waals surface area contributed by atoms with Gasteiger partial charge in [0.2, 0.25) is 0 Å². The van der Waals surface area contributed by atoms with Crippen molar-refractivity contribution in [1.82, 2.24) is 0 Å².